The number of benzene rings is 4. The third-order valence-corrected chi connectivity index (χ3v) is 3.97. The van der Waals surface area contributed by atoms with Crippen molar-refractivity contribution in [1.29, 1.82) is 0 Å². The molecule has 5 heteroatoms. The summed E-state index contributed by atoms with van der Waals surface area (Å²) in [6.07, 6.45) is -1.00. The fourth-order valence-corrected chi connectivity index (χ4v) is 2.86. The van der Waals surface area contributed by atoms with Crippen LogP contribution < -0.4 is 9.47 Å². The lowest BCUT2D eigenvalue weighted by Crippen LogP contribution is -2.14. The standard InChI is InChI=1S/C21H12F2O3/c22-15-9-10-17-14(12-15)11-13-5-4-8-18(23)19(13)20(17)26-21(24)25-16-6-2-1-3-7-16/h1-12H. The molecular formula is C21H12F2O3. The molecule has 0 unspecified atom stereocenters. The van der Waals surface area contributed by atoms with E-state index >= 15 is 0 Å². The van der Waals surface area contributed by atoms with Gasteiger partial charge in [0, 0.05) is 5.39 Å². The minimum atomic E-state index is -1.00. The van der Waals surface area contributed by atoms with Gasteiger partial charge in [0.2, 0.25) is 0 Å². The van der Waals surface area contributed by atoms with Crippen molar-refractivity contribution in [3.63, 3.8) is 0 Å². The van der Waals surface area contributed by atoms with E-state index in [0.29, 0.717) is 21.9 Å². The zero-order valence-corrected chi connectivity index (χ0v) is 13.4. The van der Waals surface area contributed by atoms with Crippen LogP contribution in [-0.4, -0.2) is 6.16 Å². The molecule has 0 bridgehead atoms. The molecule has 4 aromatic carbocycles. The topological polar surface area (TPSA) is 35.5 Å². The average Bonchev–Trinajstić information content (AvgIpc) is 2.62. The van der Waals surface area contributed by atoms with Crippen LogP contribution in [0.3, 0.4) is 0 Å². The molecule has 0 aliphatic heterocycles. The van der Waals surface area contributed by atoms with Crippen molar-refractivity contribution in [2.45, 2.75) is 0 Å². The molecule has 0 saturated heterocycles. The SMILES string of the molecule is O=C(Oc1ccccc1)Oc1c2ccc(F)cc2cc2cccc(F)c12. The summed E-state index contributed by atoms with van der Waals surface area (Å²) in [4.78, 5) is 12.2. The molecule has 26 heavy (non-hydrogen) atoms. The number of fused-ring (bicyclic) bond motifs is 2. The maximum Gasteiger partial charge on any atom is 0.519 e. The van der Waals surface area contributed by atoms with Gasteiger partial charge in [-0.15, -0.1) is 0 Å². The van der Waals surface area contributed by atoms with Gasteiger partial charge >= 0.3 is 6.16 Å². The van der Waals surface area contributed by atoms with Crippen LogP contribution in [-0.2, 0) is 0 Å². The van der Waals surface area contributed by atoms with E-state index in [-0.39, 0.29) is 11.1 Å². The summed E-state index contributed by atoms with van der Waals surface area (Å²) in [5, 5.41) is 1.53. The van der Waals surface area contributed by atoms with Crippen molar-refractivity contribution in [2.24, 2.45) is 0 Å². The molecule has 0 fully saturated rings. The Morgan fingerprint density at radius 3 is 2.38 bits per heavy atom. The molecule has 4 rings (SSSR count). The summed E-state index contributed by atoms with van der Waals surface area (Å²) in [6, 6.07) is 18.5. The largest absolute Gasteiger partial charge is 0.519 e. The van der Waals surface area contributed by atoms with E-state index in [9.17, 15) is 13.6 Å². The van der Waals surface area contributed by atoms with Gasteiger partial charge in [-0.1, -0.05) is 30.3 Å². The summed E-state index contributed by atoms with van der Waals surface area (Å²) >= 11 is 0. The molecule has 0 amide bonds. The zero-order chi connectivity index (χ0) is 18.1. The summed E-state index contributed by atoms with van der Waals surface area (Å²) in [6.45, 7) is 0. The predicted octanol–water partition coefficient (Wildman–Crippen LogP) is 5.85. The number of carbonyl (C=O) groups is 1. The Balaban J connectivity index is 1.84. The number of carbonyl (C=O) groups excluding carboxylic acids is 1. The lowest BCUT2D eigenvalue weighted by Gasteiger charge is -2.12. The molecule has 0 aliphatic carbocycles. The van der Waals surface area contributed by atoms with Crippen molar-refractivity contribution in [1.82, 2.24) is 0 Å². The van der Waals surface area contributed by atoms with Crippen molar-refractivity contribution in [3.05, 3.63) is 84.4 Å². The van der Waals surface area contributed by atoms with Crippen LogP contribution in [0.15, 0.2) is 72.8 Å². The fourth-order valence-electron chi connectivity index (χ4n) is 2.86. The van der Waals surface area contributed by atoms with Gasteiger partial charge < -0.3 is 9.47 Å². The molecule has 4 aromatic rings. The Bertz CT molecular complexity index is 1120. The average molecular weight is 350 g/mol. The molecule has 0 aromatic heterocycles. The van der Waals surface area contributed by atoms with E-state index in [2.05, 4.69) is 0 Å². The Labute approximate surface area is 147 Å². The predicted molar refractivity (Wildman–Crippen MR) is 94.5 cm³/mol. The first kappa shape index (κ1) is 16.0. The van der Waals surface area contributed by atoms with Crippen LogP contribution in [0.2, 0.25) is 0 Å². The van der Waals surface area contributed by atoms with Gasteiger partial charge in [-0.2, -0.15) is 0 Å². The highest BCUT2D eigenvalue weighted by Crippen LogP contribution is 2.37. The van der Waals surface area contributed by atoms with Crippen molar-refractivity contribution < 1.29 is 23.0 Å². The van der Waals surface area contributed by atoms with Gasteiger partial charge in [0.25, 0.3) is 0 Å². The number of halogens is 2. The molecule has 3 nitrogen and oxygen atoms in total. The lowest BCUT2D eigenvalue weighted by atomic mass is 10.0. The van der Waals surface area contributed by atoms with E-state index in [1.807, 2.05) is 0 Å². The summed E-state index contributed by atoms with van der Waals surface area (Å²) in [5.41, 5.74) is 0. The minimum absolute atomic E-state index is 0.00321. The molecule has 0 aliphatic rings. The van der Waals surface area contributed by atoms with Crippen LogP contribution in [0.5, 0.6) is 11.5 Å². The van der Waals surface area contributed by atoms with Gasteiger partial charge in [-0.05, 0) is 53.2 Å². The Hall–Kier alpha value is -3.47. The lowest BCUT2D eigenvalue weighted by molar-refractivity contribution is 0.153. The first-order valence-electron chi connectivity index (χ1n) is 7.87. The third kappa shape index (κ3) is 2.95. The molecule has 0 spiro atoms. The van der Waals surface area contributed by atoms with Crippen LogP contribution in [0, 0.1) is 11.6 Å². The normalized spacial score (nSPS) is 10.8. The summed E-state index contributed by atoms with van der Waals surface area (Å²) in [5.74, 6) is -0.688. The van der Waals surface area contributed by atoms with Crippen molar-refractivity contribution >= 4 is 27.7 Å². The van der Waals surface area contributed by atoms with E-state index in [1.165, 1.54) is 30.3 Å². The van der Waals surface area contributed by atoms with Gasteiger partial charge in [0.15, 0.2) is 5.75 Å². The van der Waals surface area contributed by atoms with Gasteiger partial charge in [0.05, 0.1) is 5.39 Å². The van der Waals surface area contributed by atoms with E-state index < -0.39 is 17.8 Å². The first-order valence-corrected chi connectivity index (χ1v) is 7.87. The zero-order valence-electron chi connectivity index (χ0n) is 13.4. The number of ether oxygens (including phenoxy) is 2. The van der Waals surface area contributed by atoms with Crippen LogP contribution in [0.25, 0.3) is 21.5 Å². The van der Waals surface area contributed by atoms with E-state index in [0.717, 1.165) is 0 Å². The van der Waals surface area contributed by atoms with Crippen molar-refractivity contribution in [2.75, 3.05) is 0 Å². The molecule has 0 saturated carbocycles. The van der Waals surface area contributed by atoms with E-state index in [4.69, 9.17) is 9.47 Å². The smallest absolute Gasteiger partial charge is 0.395 e. The Morgan fingerprint density at radius 2 is 1.58 bits per heavy atom. The highest BCUT2D eigenvalue weighted by molar-refractivity contribution is 6.06. The van der Waals surface area contributed by atoms with Gasteiger partial charge in [-0.3, -0.25) is 0 Å². The highest BCUT2D eigenvalue weighted by atomic mass is 19.1. The summed E-state index contributed by atoms with van der Waals surface area (Å²) < 4.78 is 38.5. The first-order chi connectivity index (χ1) is 12.6. The quantitative estimate of drug-likeness (QED) is 0.258. The maximum absolute atomic E-state index is 14.4. The van der Waals surface area contributed by atoms with Crippen molar-refractivity contribution in [3.8, 4) is 11.5 Å². The number of para-hydroxylation sites is 1. The van der Waals surface area contributed by atoms with Gasteiger partial charge in [-0.25, -0.2) is 13.6 Å². The monoisotopic (exact) mass is 350 g/mol. The van der Waals surface area contributed by atoms with Crippen LogP contribution in [0.4, 0.5) is 13.6 Å². The van der Waals surface area contributed by atoms with Crippen LogP contribution in [0.1, 0.15) is 0 Å². The molecular weight excluding hydrogens is 338 g/mol. The minimum Gasteiger partial charge on any atom is -0.395 e. The highest BCUT2D eigenvalue weighted by Gasteiger charge is 2.17. The van der Waals surface area contributed by atoms with Gasteiger partial charge in [0.1, 0.15) is 17.4 Å². The molecule has 0 N–H and O–H groups in total. The molecule has 0 atom stereocenters. The third-order valence-electron chi connectivity index (χ3n) is 3.97. The second-order valence-corrected chi connectivity index (χ2v) is 5.68. The molecule has 128 valence electrons. The number of rotatable bonds is 2. The second-order valence-electron chi connectivity index (χ2n) is 5.68. The Kier molecular flexibility index (Phi) is 3.97. The molecule has 0 radical (unpaired) electrons. The number of hydrogen-bond donors (Lipinski definition) is 0. The molecule has 0 heterocycles. The second kappa shape index (κ2) is 6.44. The van der Waals surface area contributed by atoms with E-state index in [1.54, 1.807) is 42.5 Å². The maximum atomic E-state index is 14.4. The number of hydrogen-bond acceptors (Lipinski definition) is 3. The fraction of sp³-hybridized carbons (Fsp3) is 0. The van der Waals surface area contributed by atoms with Crippen LogP contribution >= 0.6 is 0 Å². The Morgan fingerprint density at radius 1 is 0.769 bits per heavy atom. The summed E-state index contributed by atoms with van der Waals surface area (Å²) in [7, 11) is 0.